The van der Waals surface area contributed by atoms with Crippen molar-refractivity contribution in [2.24, 2.45) is 0 Å². The molecule has 2 heterocycles. The molecule has 1 amide bonds. The number of nitriles is 1. The maximum atomic E-state index is 13.1. The van der Waals surface area contributed by atoms with Gasteiger partial charge in [0.05, 0.1) is 43.4 Å². The summed E-state index contributed by atoms with van der Waals surface area (Å²) in [7, 11) is 3.18. The number of hydrogen-bond donors (Lipinski definition) is 0. The highest BCUT2D eigenvalue weighted by molar-refractivity contribution is 9.10. The van der Waals surface area contributed by atoms with E-state index in [9.17, 15) is 10.1 Å². The van der Waals surface area contributed by atoms with Crippen LogP contribution in [0.5, 0.6) is 11.5 Å². The number of hydrogen-bond acceptors (Lipinski definition) is 6. The molecular weight excluding hydrogens is 466 g/mol. The van der Waals surface area contributed by atoms with Crippen molar-refractivity contribution in [3.8, 4) is 17.6 Å². The third-order valence-corrected chi connectivity index (χ3v) is 6.98. The van der Waals surface area contributed by atoms with E-state index in [0.717, 1.165) is 20.8 Å². The minimum atomic E-state index is -0.332. The Bertz CT molecular complexity index is 1050. The Morgan fingerprint density at radius 1 is 1.17 bits per heavy atom. The zero-order valence-electron chi connectivity index (χ0n) is 16.6. The molecule has 6 nitrogen and oxygen atoms in total. The second-order valence-corrected chi connectivity index (χ2v) is 8.80. The van der Waals surface area contributed by atoms with E-state index in [-0.39, 0.29) is 18.2 Å². The summed E-state index contributed by atoms with van der Waals surface area (Å²) in [5, 5.41) is 10.7. The van der Waals surface area contributed by atoms with Crippen LogP contribution in [0.15, 0.2) is 57.5 Å². The van der Waals surface area contributed by atoms with Crippen LogP contribution in [0.3, 0.4) is 0 Å². The molecule has 2 aromatic rings. The molecule has 2 aliphatic heterocycles. The lowest BCUT2D eigenvalue weighted by Gasteiger charge is -2.42. The number of thioether (sulfide) groups is 1. The van der Waals surface area contributed by atoms with E-state index in [2.05, 4.69) is 26.9 Å². The zero-order chi connectivity index (χ0) is 21.3. The summed E-state index contributed by atoms with van der Waals surface area (Å²) in [6.07, 6.45) is 0.226. The number of carbonyl (C=O) groups excluding carboxylic acids is 1. The highest BCUT2D eigenvalue weighted by Crippen LogP contribution is 2.45. The number of benzene rings is 2. The third kappa shape index (κ3) is 3.75. The predicted octanol–water partition coefficient (Wildman–Crippen LogP) is 4.69. The van der Waals surface area contributed by atoms with E-state index < -0.39 is 0 Å². The average molecular weight is 486 g/mol. The van der Waals surface area contributed by atoms with E-state index in [1.54, 1.807) is 25.2 Å². The summed E-state index contributed by atoms with van der Waals surface area (Å²) in [5.41, 5.74) is 2.47. The van der Waals surface area contributed by atoms with Crippen LogP contribution >= 0.6 is 27.7 Å². The van der Waals surface area contributed by atoms with Crippen molar-refractivity contribution in [2.75, 3.05) is 31.7 Å². The summed E-state index contributed by atoms with van der Waals surface area (Å²) < 4.78 is 11.8. The van der Waals surface area contributed by atoms with Gasteiger partial charge in [0.15, 0.2) is 0 Å². The summed E-state index contributed by atoms with van der Waals surface area (Å²) in [5.74, 6) is 1.62. The molecule has 0 N–H and O–H groups in total. The molecule has 0 saturated carbocycles. The van der Waals surface area contributed by atoms with Crippen molar-refractivity contribution in [1.82, 2.24) is 4.90 Å². The van der Waals surface area contributed by atoms with Crippen molar-refractivity contribution < 1.29 is 14.3 Å². The largest absolute Gasteiger partial charge is 0.497 e. The number of fused-ring (bicyclic) bond motifs is 1. The van der Waals surface area contributed by atoms with Crippen molar-refractivity contribution >= 4 is 39.3 Å². The van der Waals surface area contributed by atoms with Gasteiger partial charge >= 0.3 is 0 Å². The van der Waals surface area contributed by atoms with Gasteiger partial charge < -0.3 is 14.4 Å². The van der Waals surface area contributed by atoms with E-state index >= 15 is 0 Å². The van der Waals surface area contributed by atoms with Crippen molar-refractivity contribution in [1.29, 1.82) is 5.26 Å². The Hall–Kier alpha value is -2.63. The molecule has 0 radical (unpaired) electrons. The molecule has 1 atom stereocenters. The molecule has 1 saturated heterocycles. The smallest absolute Gasteiger partial charge is 0.229 e. The molecule has 2 aromatic carbocycles. The zero-order valence-corrected chi connectivity index (χ0v) is 19.0. The van der Waals surface area contributed by atoms with E-state index in [4.69, 9.17) is 9.47 Å². The van der Waals surface area contributed by atoms with Crippen LogP contribution in [0, 0.1) is 11.3 Å². The summed E-state index contributed by atoms with van der Waals surface area (Å²) in [6.45, 7) is 0.431. The molecular formula is C22H20BrN3O3S. The van der Waals surface area contributed by atoms with Crippen LogP contribution in [-0.4, -0.2) is 37.6 Å². The van der Waals surface area contributed by atoms with Crippen LogP contribution in [0.2, 0.25) is 0 Å². The molecule has 1 fully saturated rings. The normalized spacial score (nSPS) is 18.7. The van der Waals surface area contributed by atoms with Crippen molar-refractivity contribution in [2.45, 2.75) is 12.3 Å². The minimum Gasteiger partial charge on any atom is -0.497 e. The fourth-order valence-corrected chi connectivity index (χ4v) is 5.18. The SMILES string of the molecule is COc1ccc([C@@H]2CC(=O)N3CN(c4ccc(Br)cc4)CSC3=C2C#N)c(OC)c1. The molecule has 30 heavy (non-hydrogen) atoms. The second kappa shape index (κ2) is 8.62. The maximum absolute atomic E-state index is 13.1. The quantitative estimate of drug-likeness (QED) is 0.625. The lowest BCUT2D eigenvalue weighted by Crippen LogP contribution is -2.47. The Labute approximate surface area is 188 Å². The first-order valence-electron chi connectivity index (χ1n) is 9.35. The fraction of sp³-hybridized carbons (Fsp3) is 0.273. The molecule has 4 rings (SSSR count). The van der Waals surface area contributed by atoms with E-state index in [1.807, 2.05) is 36.4 Å². The second-order valence-electron chi connectivity index (χ2n) is 6.95. The average Bonchev–Trinajstić information content (AvgIpc) is 2.79. The molecule has 0 aromatic heterocycles. The van der Waals surface area contributed by atoms with Crippen LogP contribution < -0.4 is 14.4 Å². The topological polar surface area (TPSA) is 65.8 Å². The van der Waals surface area contributed by atoms with Gasteiger partial charge in [0.25, 0.3) is 0 Å². The third-order valence-electron chi connectivity index (χ3n) is 5.30. The van der Waals surface area contributed by atoms with Crippen molar-refractivity contribution in [3.05, 3.63) is 63.1 Å². The first-order valence-corrected chi connectivity index (χ1v) is 11.1. The molecule has 0 bridgehead atoms. The number of methoxy groups -OCH3 is 2. The number of nitrogens with zero attached hydrogens (tertiary/aromatic N) is 3. The van der Waals surface area contributed by atoms with Crippen LogP contribution in [-0.2, 0) is 4.79 Å². The molecule has 8 heteroatoms. The Morgan fingerprint density at radius 3 is 2.60 bits per heavy atom. The van der Waals surface area contributed by atoms with E-state index in [1.165, 1.54) is 11.8 Å². The Balaban J connectivity index is 1.68. The van der Waals surface area contributed by atoms with Crippen molar-refractivity contribution in [3.63, 3.8) is 0 Å². The molecule has 0 aliphatic carbocycles. The predicted molar refractivity (Wildman–Crippen MR) is 120 cm³/mol. The number of ether oxygens (including phenoxy) is 2. The Kier molecular flexibility index (Phi) is 5.93. The lowest BCUT2D eigenvalue weighted by atomic mass is 9.86. The van der Waals surface area contributed by atoms with Crippen LogP contribution in [0.4, 0.5) is 5.69 Å². The van der Waals surface area contributed by atoms with Gasteiger partial charge in [0.1, 0.15) is 11.5 Å². The standard InChI is InChI=1S/C22H20BrN3O3S/c1-28-16-7-8-17(20(9-16)29-2)18-10-21(27)26-12-25(13-30-22(26)19(18)11-24)15-5-3-14(23)4-6-15/h3-9,18H,10,12-13H2,1-2H3/t18-/m0/s1. The van der Waals surface area contributed by atoms with Gasteiger partial charge in [-0.05, 0) is 30.3 Å². The molecule has 0 unspecified atom stereocenters. The maximum Gasteiger partial charge on any atom is 0.229 e. The van der Waals surface area contributed by atoms with Gasteiger partial charge in [-0.2, -0.15) is 5.26 Å². The van der Waals surface area contributed by atoms with Crippen LogP contribution in [0.1, 0.15) is 17.9 Å². The molecule has 0 spiro atoms. The van der Waals surface area contributed by atoms with Gasteiger partial charge in [0.2, 0.25) is 5.91 Å². The van der Waals surface area contributed by atoms with E-state index in [0.29, 0.717) is 29.6 Å². The first kappa shape index (κ1) is 20.6. The van der Waals surface area contributed by atoms with Crippen LogP contribution in [0.25, 0.3) is 0 Å². The highest BCUT2D eigenvalue weighted by atomic mass is 79.9. The van der Waals surface area contributed by atoms with Gasteiger partial charge in [0, 0.05) is 34.1 Å². The van der Waals surface area contributed by atoms with Gasteiger partial charge in [-0.1, -0.05) is 33.8 Å². The van der Waals surface area contributed by atoms with Gasteiger partial charge in [-0.25, -0.2) is 0 Å². The number of allylic oxidation sites excluding steroid dienone is 1. The minimum absolute atomic E-state index is 0.00110. The monoisotopic (exact) mass is 485 g/mol. The van der Waals surface area contributed by atoms with Gasteiger partial charge in [-0.15, -0.1) is 0 Å². The first-order chi connectivity index (χ1) is 14.5. The number of halogens is 1. The number of rotatable bonds is 4. The lowest BCUT2D eigenvalue weighted by molar-refractivity contribution is -0.129. The summed E-state index contributed by atoms with van der Waals surface area (Å²) >= 11 is 4.97. The Morgan fingerprint density at radius 2 is 1.93 bits per heavy atom. The summed E-state index contributed by atoms with van der Waals surface area (Å²) in [6, 6.07) is 15.9. The summed E-state index contributed by atoms with van der Waals surface area (Å²) in [4.78, 5) is 16.9. The molecule has 2 aliphatic rings. The number of amides is 1. The molecule has 154 valence electrons. The number of carbonyl (C=O) groups is 1. The number of anilines is 1. The fourth-order valence-electron chi connectivity index (χ4n) is 3.75. The highest BCUT2D eigenvalue weighted by Gasteiger charge is 2.39. The van der Waals surface area contributed by atoms with Gasteiger partial charge in [-0.3, -0.25) is 9.69 Å².